The lowest BCUT2D eigenvalue weighted by Crippen LogP contribution is -2.20. The largest absolute Gasteiger partial charge is 0.486 e. The molecule has 0 spiro atoms. The molecule has 1 aliphatic rings. The van der Waals surface area contributed by atoms with Gasteiger partial charge < -0.3 is 14.8 Å². The smallest absolute Gasteiger partial charge is 0.161 e. The Bertz CT molecular complexity index is 848. The van der Waals surface area contributed by atoms with Gasteiger partial charge in [0.25, 0.3) is 0 Å². The minimum absolute atomic E-state index is 0.168. The van der Waals surface area contributed by atoms with Crippen LogP contribution >= 0.6 is 0 Å². The second kappa shape index (κ2) is 6.94. The van der Waals surface area contributed by atoms with E-state index in [4.69, 9.17) is 9.47 Å². The summed E-state index contributed by atoms with van der Waals surface area (Å²) in [4.78, 5) is 4.45. The van der Waals surface area contributed by atoms with Crippen LogP contribution in [-0.4, -0.2) is 28.0 Å². The van der Waals surface area contributed by atoms with Crippen molar-refractivity contribution in [2.24, 2.45) is 0 Å². The van der Waals surface area contributed by atoms with Crippen molar-refractivity contribution >= 4 is 0 Å². The second-order valence-corrected chi connectivity index (χ2v) is 5.94. The fourth-order valence-electron chi connectivity index (χ4n) is 2.88. The summed E-state index contributed by atoms with van der Waals surface area (Å²) in [5.74, 6) is 2.47. The van der Waals surface area contributed by atoms with E-state index in [9.17, 15) is 0 Å². The van der Waals surface area contributed by atoms with Crippen molar-refractivity contribution in [1.29, 1.82) is 0 Å². The lowest BCUT2D eigenvalue weighted by molar-refractivity contribution is 0.171. The molecular weight excluding hydrogens is 316 g/mol. The molecule has 6 nitrogen and oxygen atoms in total. The van der Waals surface area contributed by atoms with Crippen LogP contribution in [0.2, 0.25) is 0 Å². The van der Waals surface area contributed by atoms with Crippen molar-refractivity contribution in [1.82, 2.24) is 20.1 Å². The fraction of sp³-hybridized carbons (Fsp3) is 0.263. The second-order valence-electron chi connectivity index (χ2n) is 5.94. The van der Waals surface area contributed by atoms with Gasteiger partial charge in [-0.05, 0) is 36.8 Å². The Labute approximate surface area is 146 Å². The van der Waals surface area contributed by atoms with E-state index >= 15 is 0 Å². The number of hydrogen-bond acceptors (Lipinski definition) is 5. The van der Waals surface area contributed by atoms with Crippen LogP contribution in [0.1, 0.15) is 24.1 Å². The molecule has 0 saturated heterocycles. The number of rotatable bonds is 5. The van der Waals surface area contributed by atoms with E-state index in [1.807, 2.05) is 30.5 Å². The number of nitrogens with one attached hydrogen (secondary N) is 1. The Morgan fingerprint density at radius 1 is 1.12 bits per heavy atom. The number of benzene rings is 1. The number of hydrogen-bond donors (Lipinski definition) is 1. The van der Waals surface area contributed by atoms with Crippen molar-refractivity contribution in [3.8, 4) is 17.3 Å². The van der Waals surface area contributed by atoms with Gasteiger partial charge in [-0.2, -0.15) is 5.10 Å². The molecule has 1 aliphatic heterocycles. The van der Waals surface area contributed by atoms with Crippen LogP contribution in [0, 0.1) is 0 Å². The van der Waals surface area contributed by atoms with Crippen molar-refractivity contribution < 1.29 is 9.47 Å². The molecule has 0 aliphatic carbocycles. The van der Waals surface area contributed by atoms with E-state index in [0.717, 1.165) is 28.4 Å². The van der Waals surface area contributed by atoms with Crippen LogP contribution < -0.4 is 14.8 Å². The summed E-state index contributed by atoms with van der Waals surface area (Å²) in [7, 11) is 0. The molecule has 6 heteroatoms. The van der Waals surface area contributed by atoms with Gasteiger partial charge in [0, 0.05) is 36.7 Å². The zero-order chi connectivity index (χ0) is 17.1. The molecule has 3 aromatic rings. The predicted molar refractivity (Wildman–Crippen MR) is 94.0 cm³/mol. The summed E-state index contributed by atoms with van der Waals surface area (Å²) < 4.78 is 13.0. The van der Waals surface area contributed by atoms with Gasteiger partial charge in [-0.1, -0.05) is 12.1 Å². The quantitative estimate of drug-likeness (QED) is 0.776. The Balaban J connectivity index is 1.48. The summed E-state index contributed by atoms with van der Waals surface area (Å²) in [5, 5.41) is 7.82. The predicted octanol–water partition coefficient (Wildman–Crippen LogP) is 2.89. The Hall–Kier alpha value is -2.86. The molecule has 1 unspecified atom stereocenters. The lowest BCUT2D eigenvalue weighted by Gasteiger charge is -2.21. The zero-order valence-electron chi connectivity index (χ0n) is 14.1. The molecule has 0 radical (unpaired) electrons. The van der Waals surface area contributed by atoms with Crippen molar-refractivity contribution in [2.75, 3.05) is 13.2 Å². The van der Waals surface area contributed by atoms with Crippen LogP contribution in [0.25, 0.3) is 5.82 Å². The van der Waals surface area contributed by atoms with Crippen LogP contribution in [0.15, 0.2) is 55.0 Å². The zero-order valence-corrected chi connectivity index (χ0v) is 14.1. The van der Waals surface area contributed by atoms with Crippen molar-refractivity contribution in [3.05, 3.63) is 66.1 Å². The number of pyridine rings is 1. The lowest BCUT2D eigenvalue weighted by atomic mass is 10.1. The van der Waals surface area contributed by atoms with E-state index in [-0.39, 0.29) is 6.04 Å². The SMILES string of the molecule is CC(NCc1cccnc1-n1cccn1)c1ccc2c(c1)OCCO2. The first kappa shape index (κ1) is 15.7. The summed E-state index contributed by atoms with van der Waals surface area (Å²) >= 11 is 0. The highest BCUT2D eigenvalue weighted by atomic mass is 16.6. The van der Waals surface area contributed by atoms with E-state index in [1.54, 1.807) is 17.1 Å². The third-order valence-electron chi connectivity index (χ3n) is 4.25. The Morgan fingerprint density at radius 3 is 2.84 bits per heavy atom. The molecule has 25 heavy (non-hydrogen) atoms. The normalized spacial score (nSPS) is 14.3. The minimum atomic E-state index is 0.168. The van der Waals surface area contributed by atoms with Gasteiger partial charge in [0.1, 0.15) is 13.2 Å². The van der Waals surface area contributed by atoms with Gasteiger partial charge in [0.2, 0.25) is 0 Å². The molecule has 0 saturated carbocycles. The number of ether oxygens (including phenoxy) is 2. The average molecular weight is 336 g/mol. The maximum atomic E-state index is 5.67. The molecule has 1 N–H and O–H groups in total. The van der Waals surface area contributed by atoms with Crippen LogP contribution in [0.5, 0.6) is 11.5 Å². The number of nitrogens with zero attached hydrogens (tertiary/aromatic N) is 3. The van der Waals surface area contributed by atoms with Crippen LogP contribution in [-0.2, 0) is 6.54 Å². The third kappa shape index (κ3) is 3.34. The molecule has 0 fully saturated rings. The first-order chi connectivity index (χ1) is 12.3. The van der Waals surface area contributed by atoms with Crippen LogP contribution in [0.3, 0.4) is 0 Å². The van der Waals surface area contributed by atoms with Crippen LogP contribution in [0.4, 0.5) is 0 Å². The molecule has 1 aromatic carbocycles. The first-order valence-electron chi connectivity index (χ1n) is 8.38. The monoisotopic (exact) mass is 336 g/mol. The molecule has 0 amide bonds. The van der Waals surface area contributed by atoms with E-state index < -0.39 is 0 Å². The summed E-state index contributed by atoms with van der Waals surface area (Å²) in [6, 6.07) is 12.2. The Morgan fingerprint density at radius 2 is 2.00 bits per heavy atom. The van der Waals surface area contributed by atoms with Gasteiger partial charge >= 0.3 is 0 Å². The fourth-order valence-corrected chi connectivity index (χ4v) is 2.88. The number of aromatic nitrogens is 3. The van der Waals surface area contributed by atoms with E-state index in [1.165, 1.54) is 0 Å². The summed E-state index contributed by atoms with van der Waals surface area (Å²) in [5.41, 5.74) is 2.25. The highest BCUT2D eigenvalue weighted by Crippen LogP contribution is 2.32. The van der Waals surface area contributed by atoms with E-state index in [2.05, 4.69) is 34.5 Å². The summed E-state index contributed by atoms with van der Waals surface area (Å²) in [6.07, 6.45) is 5.44. The first-order valence-corrected chi connectivity index (χ1v) is 8.38. The molecule has 0 bridgehead atoms. The van der Waals surface area contributed by atoms with Crippen molar-refractivity contribution in [2.45, 2.75) is 19.5 Å². The molecule has 4 rings (SSSR count). The van der Waals surface area contributed by atoms with Crippen molar-refractivity contribution in [3.63, 3.8) is 0 Å². The topological polar surface area (TPSA) is 61.2 Å². The highest BCUT2D eigenvalue weighted by Gasteiger charge is 2.15. The molecule has 1 atom stereocenters. The number of fused-ring (bicyclic) bond motifs is 1. The van der Waals surface area contributed by atoms with Gasteiger partial charge in [-0.15, -0.1) is 0 Å². The van der Waals surface area contributed by atoms with Gasteiger partial charge in [0.05, 0.1) is 0 Å². The molecular formula is C19H20N4O2. The average Bonchev–Trinajstić information content (AvgIpc) is 3.20. The maximum Gasteiger partial charge on any atom is 0.161 e. The van der Waals surface area contributed by atoms with Gasteiger partial charge in [0.15, 0.2) is 17.3 Å². The molecule has 128 valence electrons. The molecule has 3 heterocycles. The summed E-state index contributed by atoms with van der Waals surface area (Å²) in [6.45, 7) is 4.03. The third-order valence-corrected chi connectivity index (χ3v) is 4.25. The van der Waals surface area contributed by atoms with Gasteiger partial charge in [-0.3, -0.25) is 0 Å². The van der Waals surface area contributed by atoms with Gasteiger partial charge in [-0.25, -0.2) is 9.67 Å². The molecule has 2 aromatic heterocycles. The highest BCUT2D eigenvalue weighted by molar-refractivity contribution is 5.44. The minimum Gasteiger partial charge on any atom is -0.486 e. The standard InChI is InChI=1S/C19H20N4O2/c1-14(15-5-6-17-18(12-15)25-11-10-24-17)21-13-16-4-2-7-20-19(16)23-9-3-8-22-23/h2-9,12,14,21H,10-11,13H2,1H3. The van der Waals surface area contributed by atoms with E-state index in [0.29, 0.717) is 19.8 Å². The Kier molecular flexibility index (Phi) is 4.35. The maximum absolute atomic E-state index is 5.67.